The Kier molecular flexibility index (Phi) is 4.16. The number of hydrogen-bond donors (Lipinski definition) is 1. The summed E-state index contributed by atoms with van der Waals surface area (Å²) < 4.78 is 41.0. The molecule has 1 aliphatic rings. The largest absolute Gasteiger partial charge is 0.366 e. The molecule has 8 heteroatoms. The first-order valence-corrected chi connectivity index (χ1v) is 9.86. The molecular weight excluding hydrogens is 355 g/mol. The lowest BCUT2D eigenvalue weighted by Crippen LogP contribution is -2.49. The van der Waals surface area contributed by atoms with E-state index < -0.39 is 15.8 Å². The summed E-state index contributed by atoms with van der Waals surface area (Å²) in [4.78, 5) is 6.45. The molecule has 1 aromatic carbocycles. The van der Waals surface area contributed by atoms with Crippen LogP contribution in [0, 0.1) is 5.82 Å². The summed E-state index contributed by atoms with van der Waals surface area (Å²) in [5.74, 6) is -0.586. The fraction of sp³-hybridized carbons (Fsp3) is 0.278. The molecule has 6 nitrogen and oxygen atoms in total. The Balaban J connectivity index is 1.88. The van der Waals surface area contributed by atoms with Crippen LogP contribution in [0.25, 0.3) is 11.0 Å². The lowest BCUT2D eigenvalue weighted by molar-refractivity contribution is 0.485. The van der Waals surface area contributed by atoms with E-state index in [1.54, 1.807) is 24.5 Å². The minimum absolute atomic E-state index is 0.0847. The molecule has 1 saturated heterocycles. The lowest BCUT2D eigenvalue weighted by Gasteiger charge is -2.32. The molecule has 0 amide bonds. The zero-order chi connectivity index (χ0) is 18.3. The van der Waals surface area contributed by atoms with Crippen LogP contribution in [0.1, 0.15) is 6.92 Å². The van der Waals surface area contributed by atoms with Gasteiger partial charge in [0.1, 0.15) is 11.3 Å². The van der Waals surface area contributed by atoms with Crippen molar-refractivity contribution in [2.45, 2.75) is 17.9 Å². The molecule has 3 aromatic rings. The monoisotopic (exact) mass is 374 g/mol. The first-order chi connectivity index (χ1) is 12.5. The number of nitrogens with zero attached hydrogens (tertiary/aromatic N) is 3. The van der Waals surface area contributed by atoms with E-state index in [0.29, 0.717) is 17.1 Å². The molecule has 1 aliphatic heterocycles. The average Bonchev–Trinajstić information content (AvgIpc) is 3.02. The molecule has 1 N–H and O–H groups in total. The van der Waals surface area contributed by atoms with Crippen LogP contribution in [-0.4, -0.2) is 43.1 Å². The van der Waals surface area contributed by atoms with Crippen LogP contribution in [0.3, 0.4) is 0 Å². The predicted octanol–water partition coefficient (Wildman–Crippen LogP) is 2.21. The Labute approximate surface area is 151 Å². The van der Waals surface area contributed by atoms with Crippen molar-refractivity contribution in [1.82, 2.24) is 14.3 Å². The van der Waals surface area contributed by atoms with Crippen LogP contribution in [-0.2, 0) is 10.0 Å². The molecule has 1 unspecified atom stereocenters. The Hall–Kier alpha value is -2.45. The molecule has 1 atom stereocenters. The standard InChI is InChI=1S/C18H19FN4O2S/c1-13-11-22(9-8-20-13)17-12-23(16-6-3-7-21-18(16)17)26(24,25)15-5-2-4-14(19)10-15/h2-7,10,12-13,20H,8-9,11H2,1H3. The van der Waals surface area contributed by atoms with Crippen molar-refractivity contribution in [2.75, 3.05) is 24.5 Å². The van der Waals surface area contributed by atoms with Crippen LogP contribution in [0.5, 0.6) is 0 Å². The second-order valence-electron chi connectivity index (χ2n) is 6.44. The van der Waals surface area contributed by atoms with Crippen LogP contribution < -0.4 is 10.2 Å². The van der Waals surface area contributed by atoms with Gasteiger partial charge in [-0.2, -0.15) is 0 Å². The number of aromatic nitrogens is 2. The van der Waals surface area contributed by atoms with E-state index in [1.165, 1.54) is 22.2 Å². The first-order valence-electron chi connectivity index (χ1n) is 8.42. The number of nitrogens with one attached hydrogen (secondary N) is 1. The molecule has 4 rings (SSSR count). The highest BCUT2D eigenvalue weighted by atomic mass is 32.2. The summed E-state index contributed by atoms with van der Waals surface area (Å²) in [5, 5.41) is 3.37. The second kappa shape index (κ2) is 6.37. The smallest absolute Gasteiger partial charge is 0.268 e. The summed E-state index contributed by atoms with van der Waals surface area (Å²) in [6.45, 7) is 4.43. The van der Waals surface area contributed by atoms with Crippen LogP contribution >= 0.6 is 0 Å². The van der Waals surface area contributed by atoms with Crippen molar-refractivity contribution in [3.8, 4) is 0 Å². The van der Waals surface area contributed by atoms with Crippen molar-refractivity contribution in [3.63, 3.8) is 0 Å². The van der Waals surface area contributed by atoms with Gasteiger partial charge in [0, 0.05) is 38.1 Å². The zero-order valence-corrected chi connectivity index (χ0v) is 15.1. The maximum absolute atomic E-state index is 13.6. The van der Waals surface area contributed by atoms with Crippen LogP contribution in [0.2, 0.25) is 0 Å². The summed E-state index contributed by atoms with van der Waals surface area (Å²) in [5.41, 5.74) is 1.88. The van der Waals surface area contributed by atoms with Gasteiger partial charge in [0.15, 0.2) is 0 Å². The molecule has 136 valence electrons. The minimum atomic E-state index is -3.93. The summed E-state index contributed by atoms with van der Waals surface area (Å²) >= 11 is 0. The van der Waals surface area contributed by atoms with Crippen LogP contribution in [0.4, 0.5) is 10.1 Å². The van der Waals surface area contributed by atoms with Gasteiger partial charge in [0.05, 0.1) is 16.1 Å². The number of anilines is 1. The van der Waals surface area contributed by atoms with Gasteiger partial charge in [-0.15, -0.1) is 0 Å². The van der Waals surface area contributed by atoms with E-state index in [1.807, 2.05) is 0 Å². The summed E-state index contributed by atoms with van der Waals surface area (Å²) in [7, 11) is -3.93. The first kappa shape index (κ1) is 17.0. The van der Waals surface area contributed by atoms with Gasteiger partial charge in [-0.25, -0.2) is 16.8 Å². The third kappa shape index (κ3) is 2.85. The van der Waals surface area contributed by atoms with E-state index in [2.05, 4.69) is 22.1 Å². The Morgan fingerprint density at radius 2 is 2.12 bits per heavy atom. The molecule has 1 fully saturated rings. The van der Waals surface area contributed by atoms with Gasteiger partial charge in [-0.1, -0.05) is 6.07 Å². The van der Waals surface area contributed by atoms with Gasteiger partial charge < -0.3 is 10.2 Å². The van der Waals surface area contributed by atoms with E-state index in [0.717, 1.165) is 31.4 Å². The molecule has 0 aliphatic carbocycles. The number of piperazine rings is 1. The molecule has 0 radical (unpaired) electrons. The normalized spacial score (nSPS) is 18.4. The average molecular weight is 374 g/mol. The number of fused-ring (bicyclic) bond motifs is 1. The fourth-order valence-electron chi connectivity index (χ4n) is 3.34. The predicted molar refractivity (Wildman–Crippen MR) is 98.4 cm³/mol. The van der Waals surface area contributed by atoms with E-state index in [9.17, 15) is 12.8 Å². The van der Waals surface area contributed by atoms with Crippen molar-refractivity contribution in [3.05, 3.63) is 54.6 Å². The van der Waals surface area contributed by atoms with Gasteiger partial charge in [-0.3, -0.25) is 4.98 Å². The number of benzene rings is 1. The second-order valence-corrected chi connectivity index (χ2v) is 8.26. The summed E-state index contributed by atoms with van der Waals surface area (Å²) in [6, 6.07) is 8.76. The molecule has 2 aromatic heterocycles. The van der Waals surface area contributed by atoms with Gasteiger partial charge in [0.2, 0.25) is 0 Å². The Morgan fingerprint density at radius 1 is 1.27 bits per heavy atom. The number of halogens is 1. The molecular formula is C18H19FN4O2S. The van der Waals surface area contributed by atoms with Gasteiger partial charge in [-0.05, 0) is 37.3 Å². The maximum Gasteiger partial charge on any atom is 0.268 e. The molecule has 0 spiro atoms. The number of hydrogen-bond acceptors (Lipinski definition) is 5. The summed E-state index contributed by atoms with van der Waals surface area (Å²) in [6.07, 6.45) is 3.24. The van der Waals surface area contributed by atoms with E-state index in [4.69, 9.17) is 0 Å². The lowest BCUT2D eigenvalue weighted by atomic mass is 10.2. The van der Waals surface area contributed by atoms with Gasteiger partial charge >= 0.3 is 0 Å². The molecule has 26 heavy (non-hydrogen) atoms. The van der Waals surface area contributed by atoms with Crippen molar-refractivity contribution >= 4 is 26.7 Å². The third-order valence-corrected chi connectivity index (χ3v) is 6.24. The quantitative estimate of drug-likeness (QED) is 0.761. The van der Waals surface area contributed by atoms with Crippen molar-refractivity contribution in [1.29, 1.82) is 0 Å². The van der Waals surface area contributed by atoms with Crippen molar-refractivity contribution in [2.24, 2.45) is 0 Å². The van der Waals surface area contributed by atoms with Crippen LogP contribution in [0.15, 0.2) is 53.7 Å². The maximum atomic E-state index is 13.6. The fourth-order valence-corrected chi connectivity index (χ4v) is 4.72. The van der Waals surface area contributed by atoms with Gasteiger partial charge in [0.25, 0.3) is 10.0 Å². The molecule has 0 bridgehead atoms. The van der Waals surface area contributed by atoms with Crippen molar-refractivity contribution < 1.29 is 12.8 Å². The highest BCUT2D eigenvalue weighted by Gasteiger charge is 2.26. The van der Waals surface area contributed by atoms with E-state index in [-0.39, 0.29) is 4.90 Å². The molecule has 3 heterocycles. The third-order valence-electron chi connectivity index (χ3n) is 4.57. The molecule has 0 saturated carbocycles. The number of pyridine rings is 1. The van der Waals surface area contributed by atoms with E-state index >= 15 is 0 Å². The Morgan fingerprint density at radius 3 is 2.88 bits per heavy atom. The highest BCUT2D eigenvalue weighted by molar-refractivity contribution is 7.90. The number of rotatable bonds is 3. The Bertz CT molecular complexity index is 1060. The highest BCUT2D eigenvalue weighted by Crippen LogP contribution is 2.31. The minimum Gasteiger partial charge on any atom is -0.366 e. The zero-order valence-electron chi connectivity index (χ0n) is 14.3. The SMILES string of the molecule is CC1CN(c2cn(S(=O)(=O)c3cccc(F)c3)c3cccnc23)CCN1. The topological polar surface area (TPSA) is 67.2 Å².